The summed E-state index contributed by atoms with van der Waals surface area (Å²) >= 11 is 0. The Kier molecular flexibility index (Phi) is 19.1. The van der Waals surface area contributed by atoms with E-state index in [0.717, 1.165) is 32.1 Å². The van der Waals surface area contributed by atoms with Crippen molar-refractivity contribution in [3.05, 3.63) is 59.7 Å². The first-order valence-corrected chi connectivity index (χ1v) is 22.3. The van der Waals surface area contributed by atoms with Gasteiger partial charge in [-0.25, -0.2) is 19.2 Å². The number of fused-ring (bicyclic) bond motifs is 3. The van der Waals surface area contributed by atoms with E-state index in [-0.39, 0.29) is 92.4 Å². The van der Waals surface area contributed by atoms with Gasteiger partial charge in [0.2, 0.25) is 6.29 Å². The lowest BCUT2D eigenvalue weighted by Gasteiger charge is -2.35. The zero-order valence-electron chi connectivity index (χ0n) is 37.1. The van der Waals surface area contributed by atoms with E-state index in [1.165, 1.54) is 31.2 Å². The summed E-state index contributed by atoms with van der Waals surface area (Å²) in [5.74, 6) is 0.514. The molecule has 0 amide bonds. The summed E-state index contributed by atoms with van der Waals surface area (Å²) in [5, 5.41) is 41.6. The van der Waals surface area contributed by atoms with E-state index in [2.05, 4.69) is 27.0 Å². The second-order valence-electron chi connectivity index (χ2n) is 17.9. The summed E-state index contributed by atoms with van der Waals surface area (Å²) in [4.78, 5) is 49.1. The number of rotatable bonds is 28. The van der Waals surface area contributed by atoms with Crippen LogP contribution in [0.3, 0.4) is 0 Å². The number of carbonyl (C=O) groups excluding carboxylic acids is 4. The quantitative estimate of drug-likeness (QED) is 0.0408. The van der Waals surface area contributed by atoms with E-state index in [1.807, 2.05) is 0 Å². The van der Waals surface area contributed by atoms with E-state index in [1.54, 1.807) is 6.92 Å². The SMILES string of the molecule is C=C(C)C(=O)OCC(O)COCC1CC2CC1C(COCC(O)COC(=O)c1cccc(C(=O)OC(O)COC3C(COCC(O)COC(=O)C(=C)C)CC4C(CC)C43)c1)C2CC. The molecule has 0 spiro atoms. The molecule has 0 heterocycles. The van der Waals surface area contributed by atoms with Gasteiger partial charge in [-0.05, 0) is 98.7 Å². The van der Waals surface area contributed by atoms with Crippen molar-refractivity contribution in [2.75, 3.05) is 66.1 Å². The van der Waals surface area contributed by atoms with Crippen LogP contribution in [0.25, 0.3) is 0 Å². The Morgan fingerprint density at radius 3 is 1.75 bits per heavy atom. The third kappa shape index (κ3) is 14.1. The zero-order chi connectivity index (χ0) is 45.8. The van der Waals surface area contributed by atoms with E-state index >= 15 is 0 Å². The minimum atomic E-state index is -1.58. The first kappa shape index (κ1) is 50.3. The standard InChI is InChI=1S/C47H68O16/c1-7-36-30-13-31(16-56-18-33(48)21-60-44(52)26(3)4)38(14-30)40(36)24-58-20-35(50)23-62-46(54)28-10-9-11-29(12-28)47(55)63-41(51)25-59-43-32(15-39-37(8-2)42(39)43)17-57-19-34(49)22-61-45(53)27(5)6/h9-12,30-43,48-51H,3,5,7-8,13-25H2,1-2,4,6H3. The summed E-state index contributed by atoms with van der Waals surface area (Å²) in [6.07, 6.45) is 0.164. The van der Waals surface area contributed by atoms with Crippen LogP contribution < -0.4 is 0 Å². The van der Waals surface area contributed by atoms with E-state index < -0.39 is 48.5 Å². The lowest BCUT2D eigenvalue weighted by Crippen LogP contribution is -2.35. The topological polar surface area (TPSA) is 223 Å². The van der Waals surface area contributed by atoms with Gasteiger partial charge in [-0.2, -0.15) is 0 Å². The molecule has 352 valence electrons. The minimum absolute atomic E-state index is 0.000693. The van der Waals surface area contributed by atoms with E-state index in [4.69, 9.17) is 37.9 Å². The third-order valence-electron chi connectivity index (χ3n) is 13.1. The Labute approximate surface area is 370 Å². The smallest absolute Gasteiger partial charge is 0.340 e. The highest BCUT2D eigenvalue weighted by Crippen LogP contribution is 2.62. The molecule has 4 fully saturated rings. The number of hydrogen-bond acceptors (Lipinski definition) is 16. The Bertz CT molecular complexity index is 1720. The molecule has 0 radical (unpaired) electrons. The number of esters is 4. The van der Waals surface area contributed by atoms with Crippen molar-refractivity contribution in [3.63, 3.8) is 0 Å². The van der Waals surface area contributed by atoms with Gasteiger partial charge < -0.3 is 58.3 Å². The maximum atomic E-state index is 13.0. The van der Waals surface area contributed by atoms with Gasteiger partial charge in [0.25, 0.3) is 0 Å². The minimum Gasteiger partial charge on any atom is -0.460 e. The monoisotopic (exact) mass is 888 g/mol. The molecular weight excluding hydrogens is 821 g/mol. The summed E-state index contributed by atoms with van der Waals surface area (Å²) < 4.78 is 44.2. The summed E-state index contributed by atoms with van der Waals surface area (Å²) in [5.41, 5.74) is 0.574. The number of aliphatic hydroxyl groups is 4. The maximum Gasteiger partial charge on any atom is 0.340 e. The van der Waals surface area contributed by atoms with Gasteiger partial charge in [-0.15, -0.1) is 0 Å². The van der Waals surface area contributed by atoms with Crippen LogP contribution in [-0.2, 0) is 47.5 Å². The molecule has 1 aromatic carbocycles. The highest BCUT2D eigenvalue weighted by atomic mass is 16.7. The number of carbonyl (C=O) groups is 4. The van der Waals surface area contributed by atoms with E-state index in [9.17, 15) is 39.6 Å². The molecule has 5 rings (SSSR count). The molecule has 16 nitrogen and oxygen atoms in total. The molecule has 4 aliphatic rings. The summed E-state index contributed by atoms with van der Waals surface area (Å²) in [6, 6.07) is 5.69. The lowest BCUT2D eigenvalue weighted by molar-refractivity contribution is -0.144. The first-order chi connectivity index (χ1) is 30.1. The van der Waals surface area contributed by atoms with Crippen molar-refractivity contribution >= 4 is 23.9 Å². The van der Waals surface area contributed by atoms with Crippen molar-refractivity contribution in [1.82, 2.24) is 0 Å². The maximum absolute atomic E-state index is 13.0. The molecule has 0 aromatic heterocycles. The second-order valence-corrected chi connectivity index (χ2v) is 17.9. The van der Waals surface area contributed by atoms with Crippen LogP contribution in [0, 0.1) is 53.3 Å². The number of aliphatic hydroxyl groups excluding tert-OH is 4. The molecule has 14 unspecified atom stereocenters. The van der Waals surface area contributed by atoms with Crippen LogP contribution in [-0.4, -0.2) is 141 Å². The Hall–Kier alpha value is -3.74. The molecule has 4 aliphatic carbocycles. The van der Waals surface area contributed by atoms with Crippen LogP contribution in [0.1, 0.15) is 80.5 Å². The lowest BCUT2D eigenvalue weighted by atomic mass is 9.73. The zero-order valence-corrected chi connectivity index (χ0v) is 37.1. The average Bonchev–Trinajstić information content (AvgIpc) is 3.48. The predicted molar refractivity (Wildman–Crippen MR) is 226 cm³/mol. The van der Waals surface area contributed by atoms with Crippen LogP contribution in [0.4, 0.5) is 0 Å². The summed E-state index contributed by atoms with van der Waals surface area (Å²) in [7, 11) is 0. The molecule has 0 aliphatic heterocycles. The average molecular weight is 889 g/mol. The summed E-state index contributed by atoms with van der Waals surface area (Å²) in [6.45, 7) is 14.7. The number of benzene rings is 1. The van der Waals surface area contributed by atoms with Crippen molar-refractivity contribution < 1.29 is 77.5 Å². The van der Waals surface area contributed by atoms with Crippen LogP contribution in [0.5, 0.6) is 0 Å². The van der Waals surface area contributed by atoms with Crippen LogP contribution in [0.15, 0.2) is 48.6 Å². The predicted octanol–water partition coefficient (Wildman–Crippen LogP) is 3.67. The van der Waals surface area contributed by atoms with Gasteiger partial charge >= 0.3 is 23.9 Å². The first-order valence-electron chi connectivity index (χ1n) is 22.3. The van der Waals surface area contributed by atoms with Gasteiger partial charge in [0.15, 0.2) is 0 Å². The molecule has 63 heavy (non-hydrogen) atoms. The molecule has 14 atom stereocenters. The Morgan fingerprint density at radius 1 is 0.635 bits per heavy atom. The Morgan fingerprint density at radius 2 is 1.17 bits per heavy atom. The van der Waals surface area contributed by atoms with Gasteiger partial charge in [0.05, 0.1) is 50.3 Å². The fourth-order valence-corrected chi connectivity index (χ4v) is 10.1. The van der Waals surface area contributed by atoms with E-state index in [0.29, 0.717) is 55.3 Å². The fourth-order valence-electron chi connectivity index (χ4n) is 10.1. The normalized spacial score (nSPS) is 28.6. The van der Waals surface area contributed by atoms with Gasteiger partial charge in [-0.3, -0.25) is 0 Å². The van der Waals surface area contributed by atoms with Crippen LogP contribution >= 0.6 is 0 Å². The Balaban J connectivity index is 0.994. The third-order valence-corrected chi connectivity index (χ3v) is 13.1. The second kappa shape index (κ2) is 24.0. The number of ether oxygens (including phenoxy) is 8. The van der Waals surface area contributed by atoms with Crippen molar-refractivity contribution in [2.24, 2.45) is 53.3 Å². The number of hydrogen-bond donors (Lipinski definition) is 4. The highest BCUT2D eigenvalue weighted by Gasteiger charge is 2.61. The molecular formula is C47H68O16. The van der Waals surface area contributed by atoms with Gasteiger partial charge in [0.1, 0.15) is 44.7 Å². The molecule has 4 N–H and O–H groups in total. The molecule has 16 heteroatoms. The van der Waals surface area contributed by atoms with Gasteiger partial charge in [-0.1, -0.05) is 45.9 Å². The van der Waals surface area contributed by atoms with Crippen molar-refractivity contribution in [1.29, 1.82) is 0 Å². The molecule has 1 aromatic rings. The largest absolute Gasteiger partial charge is 0.460 e. The van der Waals surface area contributed by atoms with Crippen LogP contribution in [0.2, 0.25) is 0 Å². The van der Waals surface area contributed by atoms with Gasteiger partial charge in [0, 0.05) is 23.7 Å². The van der Waals surface area contributed by atoms with Crippen molar-refractivity contribution in [3.8, 4) is 0 Å². The molecule has 2 bridgehead atoms. The molecule has 4 saturated carbocycles. The molecule has 0 saturated heterocycles. The highest BCUT2D eigenvalue weighted by molar-refractivity contribution is 5.95. The fraction of sp³-hybridized carbons (Fsp3) is 0.702. The van der Waals surface area contributed by atoms with Crippen molar-refractivity contribution in [2.45, 2.75) is 90.5 Å².